The summed E-state index contributed by atoms with van der Waals surface area (Å²) in [5, 5.41) is 14.2. The molecule has 1 aromatic carbocycles. The first kappa shape index (κ1) is 18.1. The number of carbonyl (C=O) groups excluding carboxylic acids is 2. The number of nitrogens with one attached hydrogen (secondary N) is 1. The molecule has 1 aliphatic rings. The highest BCUT2D eigenvalue weighted by atomic mass is 16.4. The van der Waals surface area contributed by atoms with Crippen LogP contribution in [-0.2, 0) is 9.59 Å². The van der Waals surface area contributed by atoms with Crippen molar-refractivity contribution in [2.45, 2.75) is 38.6 Å². The molecule has 1 aliphatic carbocycles. The highest BCUT2D eigenvalue weighted by molar-refractivity contribution is 5.81. The molecule has 2 aromatic rings. The number of rotatable bonds is 5. The molecule has 1 saturated carbocycles. The van der Waals surface area contributed by atoms with Crippen LogP contribution < -0.4 is 16.0 Å². The monoisotopic (exact) mass is 356 g/mol. The van der Waals surface area contributed by atoms with Crippen molar-refractivity contribution in [3.63, 3.8) is 0 Å². The van der Waals surface area contributed by atoms with E-state index in [2.05, 4.69) is 10.3 Å². The number of hydrogen-bond acceptors (Lipinski definition) is 5. The molecule has 0 unspecified atom stereocenters. The molecule has 0 saturated heterocycles. The van der Waals surface area contributed by atoms with Gasteiger partial charge in [0.15, 0.2) is 0 Å². The summed E-state index contributed by atoms with van der Waals surface area (Å²) in [6.45, 7) is 2.15. The van der Waals surface area contributed by atoms with Gasteiger partial charge in [0.2, 0.25) is 5.91 Å². The Balaban J connectivity index is 1.61. The van der Waals surface area contributed by atoms with Crippen LogP contribution in [0.2, 0.25) is 0 Å². The Morgan fingerprint density at radius 2 is 1.96 bits per heavy atom. The third-order valence-electron chi connectivity index (χ3n) is 5.23. The van der Waals surface area contributed by atoms with Crippen molar-refractivity contribution in [1.82, 2.24) is 14.9 Å². The molecule has 0 radical (unpaired) electrons. The zero-order valence-electron chi connectivity index (χ0n) is 14.7. The molecule has 1 heterocycles. The number of carboxylic acid groups (broad SMARTS) is 1. The van der Waals surface area contributed by atoms with E-state index in [-0.39, 0.29) is 23.3 Å². The van der Waals surface area contributed by atoms with Crippen LogP contribution in [-0.4, -0.2) is 28.0 Å². The molecular formula is C19H22N3O4-. The lowest BCUT2D eigenvalue weighted by Crippen LogP contribution is -2.40. The summed E-state index contributed by atoms with van der Waals surface area (Å²) >= 11 is 0. The molecule has 0 aliphatic heterocycles. The molecule has 1 amide bonds. The van der Waals surface area contributed by atoms with Crippen molar-refractivity contribution >= 4 is 22.8 Å². The van der Waals surface area contributed by atoms with Gasteiger partial charge in [-0.05, 0) is 56.6 Å². The summed E-state index contributed by atoms with van der Waals surface area (Å²) < 4.78 is 1.34. The van der Waals surface area contributed by atoms with Crippen molar-refractivity contribution < 1.29 is 14.7 Å². The molecule has 0 spiro atoms. The van der Waals surface area contributed by atoms with Gasteiger partial charge < -0.3 is 15.2 Å². The molecule has 138 valence electrons. The third kappa shape index (κ3) is 3.76. The van der Waals surface area contributed by atoms with E-state index >= 15 is 0 Å². The standard InChI is InChI=1S/C19H23N3O4/c1-12(22-11-21-16-5-3-2-4-15(16)18(22)24)17(23)20-10-13-6-8-14(9-7-13)19(25)26/h2-5,11-14H,6-10H2,1H3,(H,20,23)(H,25,26)/p-1/t12-,13?,14?/m0/s1. The topological polar surface area (TPSA) is 104 Å². The summed E-state index contributed by atoms with van der Waals surface area (Å²) in [4.78, 5) is 40.1. The van der Waals surface area contributed by atoms with E-state index < -0.39 is 12.0 Å². The second-order valence-corrected chi connectivity index (χ2v) is 6.93. The second kappa shape index (κ2) is 7.68. The number of nitrogens with zero attached hydrogens (tertiary/aromatic N) is 2. The van der Waals surface area contributed by atoms with Crippen LogP contribution in [0.1, 0.15) is 38.6 Å². The van der Waals surface area contributed by atoms with Crippen LogP contribution >= 0.6 is 0 Å². The average Bonchev–Trinajstić information content (AvgIpc) is 2.66. The SMILES string of the molecule is C[C@@H](C(=O)NCC1CCC(C(=O)[O-])CC1)n1cnc2ccccc2c1=O. The molecule has 1 fully saturated rings. The van der Waals surface area contributed by atoms with Crippen LogP contribution in [0, 0.1) is 11.8 Å². The molecule has 1 atom stereocenters. The number of para-hydroxylation sites is 1. The van der Waals surface area contributed by atoms with E-state index in [0.29, 0.717) is 30.3 Å². The Morgan fingerprint density at radius 1 is 1.27 bits per heavy atom. The summed E-state index contributed by atoms with van der Waals surface area (Å²) in [5.74, 6) is -1.34. The lowest BCUT2D eigenvalue weighted by Gasteiger charge is -2.29. The van der Waals surface area contributed by atoms with E-state index in [9.17, 15) is 19.5 Å². The second-order valence-electron chi connectivity index (χ2n) is 6.93. The average molecular weight is 356 g/mol. The Hall–Kier alpha value is -2.70. The van der Waals surface area contributed by atoms with E-state index in [0.717, 1.165) is 12.8 Å². The zero-order valence-corrected chi connectivity index (χ0v) is 14.7. The van der Waals surface area contributed by atoms with Gasteiger partial charge in [0.25, 0.3) is 5.56 Å². The quantitative estimate of drug-likeness (QED) is 0.846. The van der Waals surface area contributed by atoms with Gasteiger partial charge in [-0.2, -0.15) is 0 Å². The van der Waals surface area contributed by atoms with E-state index in [1.165, 1.54) is 10.9 Å². The molecule has 3 rings (SSSR count). The van der Waals surface area contributed by atoms with Gasteiger partial charge in [0.1, 0.15) is 6.04 Å². The van der Waals surface area contributed by atoms with Gasteiger partial charge >= 0.3 is 0 Å². The minimum atomic E-state index is -0.982. The largest absolute Gasteiger partial charge is 0.550 e. The Kier molecular flexibility index (Phi) is 5.35. The van der Waals surface area contributed by atoms with Gasteiger partial charge in [-0.1, -0.05) is 12.1 Å². The number of carboxylic acids is 1. The number of hydrogen-bond donors (Lipinski definition) is 1. The molecular weight excluding hydrogens is 334 g/mol. The van der Waals surface area contributed by atoms with Crippen molar-refractivity contribution in [3.05, 3.63) is 40.9 Å². The first-order valence-electron chi connectivity index (χ1n) is 8.92. The Morgan fingerprint density at radius 3 is 2.65 bits per heavy atom. The van der Waals surface area contributed by atoms with Gasteiger partial charge in [-0.15, -0.1) is 0 Å². The predicted octanol–water partition coefficient (Wildman–Crippen LogP) is 0.630. The van der Waals surface area contributed by atoms with Gasteiger partial charge in [-0.3, -0.25) is 14.2 Å². The van der Waals surface area contributed by atoms with Crippen LogP contribution in [0.25, 0.3) is 10.9 Å². The fraction of sp³-hybridized carbons (Fsp3) is 0.474. The van der Waals surface area contributed by atoms with Crippen molar-refractivity contribution in [1.29, 1.82) is 0 Å². The number of amides is 1. The summed E-state index contributed by atoms with van der Waals surface area (Å²) in [6.07, 6.45) is 4.09. The zero-order chi connectivity index (χ0) is 18.7. The van der Waals surface area contributed by atoms with Crippen LogP contribution in [0.15, 0.2) is 35.4 Å². The van der Waals surface area contributed by atoms with E-state index in [4.69, 9.17) is 0 Å². The number of carbonyl (C=O) groups is 2. The minimum Gasteiger partial charge on any atom is -0.550 e. The molecule has 1 N–H and O–H groups in total. The van der Waals surface area contributed by atoms with Crippen LogP contribution in [0.4, 0.5) is 0 Å². The van der Waals surface area contributed by atoms with E-state index in [1.807, 2.05) is 6.07 Å². The van der Waals surface area contributed by atoms with Crippen molar-refractivity contribution in [3.8, 4) is 0 Å². The lowest BCUT2D eigenvalue weighted by atomic mass is 9.82. The smallest absolute Gasteiger partial charge is 0.261 e. The fourth-order valence-electron chi connectivity index (χ4n) is 3.48. The first-order valence-corrected chi connectivity index (χ1v) is 8.92. The van der Waals surface area contributed by atoms with Crippen molar-refractivity contribution in [2.75, 3.05) is 6.54 Å². The molecule has 26 heavy (non-hydrogen) atoms. The molecule has 0 bridgehead atoms. The summed E-state index contributed by atoms with van der Waals surface area (Å²) in [7, 11) is 0. The maximum absolute atomic E-state index is 12.6. The van der Waals surface area contributed by atoms with Crippen LogP contribution in [0.5, 0.6) is 0 Å². The van der Waals surface area contributed by atoms with Gasteiger partial charge in [0.05, 0.1) is 17.2 Å². The first-order chi connectivity index (χ1) is 12.5. The number of aromatic nitrogens is 2. The summed E-state index contributed by atoms with van der Waals surface area (Å²) in [6, 6.07) is 6.36. The molecule has 7 nitrogen and oxygen atoms in total. The maximum atomic E-state index is 12.6. The fourth-order valence-corrected chi connectivity index (χ4v) is 3.48. The number of aliphatic carboxylic acids is 1. The highest BCUT2D eigenvalue weighted by Crippen LogP contribution is 2.28. The highest BCUT2D eigenvalue weighted by Gasteiger charge is 2.23. The minimum absolute atomic E-state index is 0.243. The number of benzene rings is 1. The normalized spacial score (nSPS) is 21.3. The lowest BCUT2D eigenvalue weighted by molar-refractivity contribution is -0.312. The maximum Gasteiger partial charge on any atom is 0.261 e. The van der Waals surface area contributed by atoms with E-state index in [1.54, 1.807) is 25.1 Å². The number of fused-ring (bicyclic) bond motifs is 1. The Labute approximate surface area is 151 Å². The molecule has 7 heteroatoms. The molecule has 1 aromatic heterocycles. The van der Waals surface area contributed by atoms with Crippen LogP contribution in [0.3, 0.4) is 0 Å². The van der Waals surface area contributed by atoms with Gasteiger partial charge in [0, 0.05) is 12.5 Å². The van der Waals surface area contributed by atoms with Crippen molar-refractivity contribution in [2.24, 2.45) is 11.8 Å². The Bertz CT molecular complexity index is 868. The predicted molar refractivity (Wildman–Crippen MR) is 94.2 cm³/mol. The summed E-state index contributed by atoms with van der Waals surface area (Å²) in [5.41, 5.74) is 0.360. The third-order valence-corrected chi connectivity index (χ3v) is 5.23. The van der Waals surface area contributed by atoms with Gasteiger partial charge in [-0.25, -0.2) is 4.98 Å².